The number of piperidine rings is 1. The van der Waals surface area contributed by atoms with Crippen molar-refractivity contribution in [2.45, 2.75) is 26.7 Å². The van der Waals surface area contributed by atoms with Crippen molar-refractivity contribution in [1.82, 2.24) is 0 Å². The van der Waals surface area contributed by atoms with E-state index in [1.807, 2.05) is 0 Å². The fourth-order valence-electron chi connectivity index (χ4n) is 1.45. The molecule has 0 saturated carbocycles. The Morgan fingerprint density at radius 3 is 1.70 bits per heavy atom. The van der Waals surface area contributed by atoms with Crippen LogP contribution in [0.4, 0.5) is 0 Å². The summed E-state index contributed by atoms with van der Waals surface area (Å²) in [4.78, 5) is 0. The topological polar surface area (TPSA) is 0 Å². The van der Waals surface area contributed by atoms with Crippen LogP contribution in [-0.2, 0) is 0 Å². The summed E-state index contributed by atoms with van der Waals surface area (Å²) in [5, 5.41) is 0. The Balaban J connectivity index is 2.46. The van der Waals surface area contributed by atoms with Crippen molar-refractivity contribution < 1.29 is 4.48 Å². The van der Waals surface area contributed by atoms with Crippen LogP contribution in [0.5, 0.6) is 0 Å². The molecular weight excluding hydrogens is 122 g/mol. The third-order valence-electron chi connectivity index (χ3n) is 2.79. The van der Waals surface area contributed by atoms with Crippen LogP contribution in [0.2, 0.25) is 0 Å². The molecule has 0 spiro atoms. The molecule has 1 aliphatic rings. The van der Waals surface area contributed by atoms with Gasteiger partial charge in [-0.1, -0.05) is 13.8 Å². The molecule has 0 radical (unpaired) electrons. The SMILES string of the molecule is CC1(C)CC[N+](C)(C)CC1. The molecule has 0 aromatic rings. The van der Waals surface area contributed by atoms with Gasteiger partial charge >= 0.3 is 0 Å². The van der Waals surface area contributed by atoms with Gasteiger partial charge in [-0.15, -0.1) is 0 Å². The molecule has 0 bridgehead atoms. The lowest BCUT2D eigenvalue weighted by Gasteiger charge is -2.40. The van der Waals surface area contributed by atoms with E-state index in [9.17, 15) is 0 Å². The van der Waals surface area contributed by atoms with E-state index in [4.69, 9.17) is 0 Å². The first-order valence-electron chi connectivity index (χ1n) is 4.23. The van der Waals surface area contributed by atoms with Crippen LogP contribution in [0.3, 0.4) is 0 Å². The summed E-state index contributed by atoms with van der Waals surface area (Å²) in [7, 11) is 4.66. The smallest absolute Gasteiger partial charge is 0.0787 e. The van der Waals surface area contributed by atoms with E-state index >= 15 is 0 Å². The van der Waals surface area contributed by atoms with Crippen molar-refractivity contribution in [2.75, 3.05) is 27.2 Å². The van der Waals surface area contributed by atoms with Gasteiger partial charge in [-0.2, -0.15) is 0 Å². The van der Waals surface area contributed by atoms with Crippen LogP contribution >= 0.6 is 0 Å². The molecule has 0 atom stereocenters. The van der Waals surface area contributed by atoms with Crippen molar-refractivity contribution in [3.63, 3.8) is 0 Å². The first-order valence-corrected chi connectivity index (χ1v) is 4.23. The second kappa shape index (κ2) is 2.23. The molecule has 60 valence electrons. The lowest BCUT2D eigenvalue weighted by atomic mass is 9.82. The molecule has 1 heterocycles. The van der Waals surface area contributed by atoms with Crippen molar-refractivity contribution in [3.05, 3.63) is 0 Å². The molecule has 0 amide bonds. The first kappa shape index (κ1) is 8.06. The highest BCUT2D eigenvalue weighted by Crippen LogP contribution is 2.31. The minimum absolute atomic E-state index is 0.619. The highest BCUT2D eigenvalue weighted by Gasteiger charge is 2.30. The van der Waals surface area contributed by atoms with Crippen molar-refractivity contribution in [3.8, 4) is 0 Å². The van der Waals surface area contributed by atoms with Crippen molar-refractivity contribution >= 4 is 0 Å². The number of hydrogen-bond acceptors (Lipinski definition) is 0. The third-order valence-corrected chi connectivity index (χ3v) is 2.79. The Morgan fingerprint density at radius 2 is 1.40 bits per heavy atom. The largest absolute Gasteiger partial charge is 0.328 e. The second-order valence-corrected chi connectivity index (χ2v) is 5.05. The molecule has 1 nitrogen and oxygen atoms in total. The molecule has 0 aromatic carbocycles. The highest BCUT2D eigenvalue weighted by molar-refractivity contribution is 4.71. The number of rotatable bonds is 0. The van der Waals surface area contributed by atoms with E-state index in [0.717, 1.165) is 0 Å². The van der Waals surface area contributed by atoms with Gasteiger partial charge in [0.2, 0.25) is 0 Å². The van der Waals surface area contributed by atoms with Gasteiger partial charge in [0.1, 0.15) is 0 Å². The van der Waals surface area contributed by atoms with Crippen LogP contribution in [0.25, 0.3) is 0 Å². The van der Waals surface area contributed by atoms with Gasteiger partial charge in [-0.25, -0.2) is 0 Å². The molecule has 1 aliphatic heterocycles. The minimum atomic E-state index is 0.619. The van der Waals surface area contributed by atoms with Gasteiger partial charge in [0.25, 0.3) is 0 Å². The molecule has 1 saturated heterocycles. The Kier molecular flexibility index (Phi) is 1.80. The number of quaternary nitrogens is 1. The maximum atomic E-state index is 2.38. The molecule has 0 N–H and O–H groups in total. The van der Waals surface area contributed by atoms with Crippen LogP contribution in [0.1, 0.15) is 26.7 Å². The lowest BCUT2D eigenvalue weighted by Crippen LogP contribution is -2.48. The van der Waals surface area contributed by atoms with E-state index in [1.165, 1.54) is 30.4 Å². The fraction of sp³-hybridized carbons (Fsp3) is 1.00. The van der Waals surface area contributed by atoms with Crippen LogP contribution in [-0.4, -0.2) is 31.7 Å². The predicted octanol–water partition coefficient (Wildman–Crippen LogP) is 1.88. The summed E-state index contributed by atoms with van der Waals surface area (Å²) in [6, 6.07) is 0. The van der Waals surface area contributed by atoms with Crippen LogP contribution in [0, 0.1) is 5.41 Å². The standard InChI is InChI=1S/C9H20N/c1-9(2)5-7-10(3,4)8-6-9/h5-8H2,1-4H3/q+1. The molecule has 0 unspecified atom stereocenters. The summed E-state index contributed by atoms with van der Waals surface area (Å²) in [6.45, 7) is 7.47. The number of hydrogen-bond donors (Lipinski definition) is 0. The molecule has 0 aliphatic carbocycles. The Labute approximate surface area is 64.6 Å². The average Bonchev–Trinajstić information content (AvgIpc) is 1.79. The van der Waals surface area contributed by atoms with Gasteiger partial charge < -0.3 is 4.48 Å². The highest BCUT2D eigenvalue weighted by atomic mass is 15.3. The minimum Gasteiger partial charge on any atom is -0.328 e. The quantitative estimate of drug-likeness (QED) is 0.453. The average molecular weight is 142 g/mol. The zero-order valence-corrected chi connectivity index (χ0v) is 7.78. The molecular formula is C9H20N+. The zero-order chi connectivity index (χ0) is 7.83. The zero-order valence-electron chi connectivity index (χ0n) is 7.78. The third kappa shape index (κ3) is 1.98. The molecule has 1 fully saturated rings. The Hall–Kier alpha value is -0.0400. The van der Waals surface area contributed by atoms with Crippen molar-refractivity contribution in [1.29, 1.82) is 0 Å². The monoisotopic (exact) mass is 142 g/mol. The Morgan fingerprint density at radius 1 is 1.00 bits per heavy atom. The van der Waals surface area contributed by atoms with E-state index in [-0.39, 0.29) is 0 Å². The summed E-state index contributed by atoms with van der Waals surface area (Å²) >= 11 is 0. The van der Waals surface area contributed by atoms with Crippen LogP contribution < -0.4 is 0 Å². The van der Waals surface area contributed by atoms with Gasteiger partial charge in [0.15, 0.2) is 0 Å². The van der Waals surface area contributed by atoms with E-state index in [2.05, 4.69) is 27.9 Å². The van der Waals surface area contributed by atoms with Crippen LogP contribution in [0.15, 0.2) is 0 Å². The summed E-state index contributed by atoms with van der Waals surface area (Å²) < 4.78 is 1.23. The summed E-state index contributed by atoms with van der Waals surface area (Å²) in [6.07, 6.45) is 2.78. The maximum Gasteiger partial charge on any atom is 0.0787 e. The number of likely N-dealkylation sites (tertiary alicyclic amines) is 1. The molecule has 1 rings (SSSR count). The summed E-state index contributed by atoms with van der Waals surface area (Å²) in [5.41, 5.74) is 0.619. The second-order valence-electron chi connectivity index (χ2n) is 5.05. The van der Waals surface area contributed by atoms with Gasteiger partial charge in [0.05, 0.1) is 27.2 Å². The maximum absolute atomic E-state index is 2.38. The van der Waals surface area contributed by atoms with Gasteiger partial charge in [-0.3, -0.25) is 0 Å². The normalized spacial score (nSPS) is 30.0. The Bertz CT molecular complexity index is 96.7. The fourth-order valence-corrected chi connectivity index (χ4v) is 1.45. The molecule has 0 aromatic heterocycles. The van der Waals surface area contributed by atoms with E-state index in [1.54, 1.807) is 0 Å². The molecule has 1 heteroatoms. The summed E-state index contributed by atoms with van der Waals surface area (Å²) in [5.74, 6) is 0. The predicted molar refractivity (Wildman–Crippen MR) is 44.9 cm³/mol. The van der Waals surface area contributed by atoms with Gasteiger partial charge in [0, 0.05) is 12.8 Å². The van der Waals surface area contributed by atoms with E-state index < -0.39 is 0 Å². The van der Waals surface area contributed by atoms with Gasteiger partial charge in [-0.05, 0) is 5.41 Å². The van der Waals surface area contributed by atoms with E-state index in [0.29, 0.717) is 5.41 Å². The molecule has 10 heavy (non-hydrogen) atoms. The lowest BCUT2D eigenvalue weighted by molar-refractivity contribution is -0.897. The first-order chi connectivity index (χ1) is 4.41. The van der Waals surface area contributed by atoms with Crippen molar-refractivity contribution in [2.24, 2.45) is 5.41 Å². The number of nitrogens with zero attached hydrogens (tertiary/aromatic N) is 1.